The van der Waals surface area contributed by atoms with Crippen LogP contribution < -0.4 is 21.9 Å². The average molecular weight is 552 g/mol. The van der Waals surface area contributed by atoms with Gasteiger partial charge in [-0.25, -0.2) is 0 Å². The van der Waals surface area contributed by atoms with Gasteiger partial charge in [-0.1, -0.05) is 146 Å². The van der Waals surface area contributed by atoms with Gasteiger partial charge in [0, 0.05) is 20.6 Å². The van der Waals surface area contributed by atoms with Crippen LogP contribution in [-0.4, -0.2) is 33.6 Å². The smallest absolute Gasteiger partial charge is 0.382 e. The molecular weight excluding hydrogens is 511 g/mol. The molecule has 0 atom stereocenters. The van der Waals surface area contributed by atoms with E-state index in [1.165, 1.54) is 21.9 Å². The molecule has 1 aliphatic rings. The standard InChI is InChI=1S/C24H20B.C5H5.C4H10O2.2CH3.Ti/c1-5-13-21(14-6-1)25(22-15-7-2-8-16-22,23-17-9-3-10-18-23)24-19-11-4-12-20-24;1-2-4-5-3-1;1-5-3-4-6-2;;;/h1-20H;1-5H;3-4H2,1-2H3;2*1H3;/q-1;;;2*-1;+3. The summed E-state index contributed by atoms with van der Waals surface area (Å²) < 4.78 is 9.31. The first-order valence-electron chi connectivity index (χ1n) is 12.4. The van der Waals surface area contributed by atoms with Gasteiger partial charge in [0.15, 0.2) is 0 Å². The zero-order chi connectivity index (χ0) is 25.3. The maximum absolute atomic E-state index is 4.66. The van der Waals surface area contributed by atoms with Crippen LogP contribution in [0.5, 0.6) is 0 Å². The summed E-state index contributed by atoms with van der Waals surface area (Å²) in [6, 6.07) is 43.5. The maximum atomic E-state index is 4.66. The van der Waals surface area contributed by atoms with E-state index in [1.807, 2.05) is 30.7 Å². The molecule has 0 saturated heterocycles. The summed E-state index contributed by atoms with van der Waals surface area (Å²) in [5, 5.41) is 0. The fraction of sp³-hybridized carbons (Fsp3) is 0.114. The van der Waals surface area contributed by atoms with E-state index < -0.39 is 6.15 Å². The fourth-order valence-electron chi connectivity index (χ4n) is 4.61. The van der Waals surface area contributed by atoms with Crippen LogP contribution in [0.3, 0.4) is 0 Å². The SMILES string of the molecule is COCCOC.[CH3-].[CH3-].[CH]1C=CC=C1.[Ti+3].c1ccc([B-](c2ccccc2)(c2ccccc2)c2ccccc2)cc1. The molecule has 0 heterocycles. The van der Waals surface area contributed by atoms with Gasteiger partial charge in [-0.3, -0.25) is 0 Å². The van der Waals surface area contributed by atoms with Gasteiger partial charge in [0.25, 0.3) is 0 Å². The predicted molar refractivity (Wildman–Crippen MR) is 169 cm³/mol. The van der Waals surface area contributed by atoms with Crippen LogP contribution in [0.4, 0.5) is 0 Å². The Hall–Kier alpha value is -2.94. The molecule has 5 rings (SSSR count). The molecule has 2 radical (unpaired) electrons. The Labute approximate surface area is 252 Å². The monoisotopic (exact) mass is 552 g/mol. The molecule has 0 fully saturated rings. The molecule has 0 N–H and O–H groups in total. The van der Waals surface area contributed by atoms with Crippen molar-refractivity contribution in [1.82, 2.24) is 0 Å². The summed E-state index contributed by atoms with van der Waals surface area (Å²) >= 11 is 0. The van der Waals surface area contributed by atoms with Crippen molar-refractivity contribution in [2.45, 2.75) is 0 Å². The van der Waals surface area contributed by atoms with E-state index in [4.69, 9.17) is 0 Å². The summed E-state index contributed by atoms with van der Waals surface area (Å²) in [5.74, 6) is 0. The van der Waals surface area contributed by atoms with Crippen molar-refractivity contribution >= 4 is 28.0 Å². The second-order valence-corrected chi connectivity index (χ2v) is 8.46. The maximum Gasteiger partial charge on any atom is 3.00 e. The van der Waals surface area contributed by atoms with Gasteiger partial charge < -0.3 is 24.3 Å². The van der Waals surface area contributed by atoms with Crippen LogP contribution >= 0.6 is 0 Å². The Morgan fingerprint density at radius 2 is 0.692 bits per heavy atom. The second-order valence-electron chi connectivity index (χ2n) is 8.46. The third-order valence-electron chi connectivity index (χ3n) is 6.25. The van der Waals surface area contributed by atoms with Crippen molar-refractivity contribution in [3.05, 3.63) is 167 Å². The van der Waals surface area contributed by atoms with E-state index >= 15 is 0 Å². The molecule has 0 aromatic heterocycles. The fourth-order valence-corrected chi connectivity index (χ4v) is 4.61. The van der Waals surface area contributed by atoms with Crippen LogP contribution in [0.25, 0.3) is 0 Å². The van der Waals surface area contributed by atoms with E-state index in [1.54, 1.807) is 14.2 Å². The number of rotatable bonds is 7. The van der Waals surface area contributed by atoms with E-state index in [2.05, 4.69) is 131 Å². The summed E-state index contributed by atoms with van der Waals surface area (Å²) in [7, 11) is 3.30. The van der Waals surface area contributed by atoms with Gasteiger partial charge in [0.2, 0.25) is 0 Å². The van der Waals surface area contributed by atoms with Crippen molar-refractivity contribution in [2.24, 2.45) is 0 Å². The molecule has 0 aliphatic heterocycles. The molecule has 0 unspecified atom stereocenters. The quantitative estimate of drug-likeness (QED) is 0.170. The first-order valence-corrected chi connectivity index (χ1v) is 12.4. The molecule has 0 spiro atoms. The summed E-state index contributed by atoms with van der Waals surface area (Å²) in [6.07, 6.45) is 8.78. The van der Waals surface area contributed by atoms with Crippen molar-refractivity contribution in [1.29, 1.82) is 0 Å². The Morgan fingerprint density at radius 1 is 0.436 bits per heavy atom. The zero-order valence-electron chi connectivity index (χ0n) is 23.7. The molecule has 4 aromatic carbocycles. The number of hydrogen-bond acceptors (Lipinski definition) is 2. The minimum atomic E-state index is -1.22. The van der Waals surface area contributed by atoms with E-state index in [0.29, 0.717) is 13.2 Å². The number of benzene rings is 4. The van der Waals surface area contributed by atoms with Crippen LogP contribution in [-0.2, 0) is 31.2 Å². The molecule has 4 aromatic rings. The molecule has 200 valence electrons. The van der Waals surface area contributed by atoms with Gasteiger partial charge in [-0.2, -0.15) is 21.9 Å². The number of hydrogen-bond donors (Lipinski definition) is 0. The molecule has 2 nitrogen and oxygen atoms in total. The normalized spacial score (nSPS) is 10.8. The third kappa shape index (κ3) is 10.3. The number of allylic oxidation sites excluding steroid dienone is 4. The minimum Gasteiger partial charge on any atom is -0.382 e. The first-order chi connectivity index (χ1) is 17.8. The van der Waals surface area contributed by atoms with E-state index in [9.17, 15) is 0 Å². The van der Waals surface area contributed by atoms with E-state index in [-0.39, 0.29) is 36.6 Å². The van der Waals surface area contributed by atoms with Crippen LogP contribution in [0, 0.1) is 21.3 Å². The van der Waals surface area contributed by atoms with Gasteiger partial charge >= 0.3 is 21.7 Å². The average Bonchev–Trinajstić information content (AvgIpc) is 3.56. The van der Waals surface area contributed by atoms with Gasteiger partial charge in [0.1, 0.15) is 6.15 Å². The van der Waals surface area contributed by atoms with Gasteiger partial charge in [-0.15, -0.1) is 0 Å². The van der Waals surface area contributed by atoms with Crippen LogP contribution in [0.15, 0.2) is 146 Å². The van der Waals surface area contributed by atoms with Crippen molar-refractivity contribution in [3.8, 4) is 0 Å². The van der Waals surface area contributed by atoms with Crippen molar-refractivity contribution in [3.63, 3.8) is 0 Å². The summed E-state index contributed by atoms with van der Waals surface area (Å²) in [6.45, 7) is 1.38. The van der Waals surface area contributed by atoms with Crippen molar-refractivity contribution < 1.29 is 31.2 Å². The Balaban J connectivity index is 0.000000873. The topological polar surface area (TPSA) is 18.5 Å². The molecule has 0 saturated carbocycles. The molecule has 39 heavy (non-hydrogen) atoms. The Bertz CT molecular complexity index is 987. The van der Waals surface area contributed by atoms with Gasteiger partial charge in [0.05, 0.1) is 13.2 Å². The summed E-state index contributed by atoms with van der Waals surface area (Å²) in [4.78, 5) is 0. The van der Waals surface area contributed by atoms with Crippen LogP contribution in [0.1, 0.15) is 0 Å². The first kappa shape index (κ1) is 36.1. The summed E-state index contributed by atoms with van der Waals surface area (Å²) in [5.41, 5.74) is 5.36. The van der Waals surface area contributed by atoms with E-state index in [0.717, 1.165) is 0 Å². The largest absolute Gasteiger partial charge is 3.00 e. The predicted octanol–water partition coefficient (Wildman–Crippen LogP) is 5.56. The molecule has 0 amide bonds. The van der Waals surface area contributed by atoms with Crippen LogP contribution in [0.2, 0.25) is 0 Å². The van der Waals surface area contributed by atoms with Crippen molar-refractivity contribution in [2.75, 3.05) is 27.4 Å². The number of ether oxygens (including phenoxy) is 2. The zero-order valence-corrected chi connectivity index (χ0v) is 25.3. The minimum absolute atomic E-state index is 0. The van der Waals surface area contributed by atoms with Gasteiger partial charge in [-0.05, 0) is 0 Å². The Morgan fingerprint density at radius 3 is 0.872 bits per heavy atom. The second kappa shape index (κ2) is 21.0. The number of methoxy groups -OCH3 is 2. The Kier molecular flexibility index (Phi) is 19.4. The molecular formula is C35H41BO2Ti. The third-order valence-corrected chi connectivity index (χ3v) is 6.25. The molecule has 0 bridgehead atoms. The molecule has 1 aliphatic carbocycles. The molecule has 4 heteroatoms.